The number of carbonyl (C=O) groups is 1. The van der Waals surface area contributed by atoms with Crippen LogP contribution in [0.3, 0.4) is 0 Å². The standard InChI is InChI=1S/C13H20N2OS/c1-10-8-17-9-12(10)7-15-13(16)5-11-3-2-4-14-6-11/h8-9,11,14H,2-7H2,1H3,(H,15,16). The molecule has 0 saturated carbocycles. The molecule has 2 rings (SSSR count). The summed E-state index contributed by atoms with van der Waals surface area (Å²) in [6, 6.07) is 0. The molecule has 1 aromatic rings. The van der Waals surface area contributed by atoms with Gasteiger partial charge < -0.3 is 10.6 Å². The van der Waals surface area contributed by atoms with Crippen molar-refractivity contribution in [1.82, 2.24) is 10.6 Å². The Kier molecular flexibility index (Phi) is 4.57. The second-order valence-corrected chi connectivity index (χ2v) is 5.52. The Morgan fingerprint density at radius 2 is 2.47 bits per heavy atom. The van der Waals surface area contributed by atoms with Crippen molar-refractivity contribution in [3.05, 3.63) is 21.9 Å². The van der Waals surface area contributed by atoms with E-state index in [4.69, 9.17) is 0 Å². The topological polar surface area (TPSA) is 41.1 Å². The molecule has 1 fully saturated rings. The molecular formula is C13H20N2OS. The molecule has 0 aliphatic carbocycles. The van der Waals surface area contributed by atoms with Gasteiger partial charge >= 0.3 is 0 Å². The molecule has 1 aliphatic rings. The van der Waals surface area contributed by atoms with Crippen LogP contribution < -0.4 is 10.6 Å². The molecule has 1 saturated heterocycles. The largest absolute Gasteiger partial charge is 0.352 e. The van der Waals surface area contributed by atoms with Crippen LogP contribution in [0.2, 0.25) is 0 Å². The summed E-state index contributed by atoms with van der Waals surface area (Å²) in [7, 11) is 0. The highest BCUT2D eigenvalue weighted by atomic mass is 32.1. The predicted octanol–water partition coefficient (Wildman–Crippen LogP) is 2.06. The van der Waals surface area contributed by atoms with Crippen LogP contribution in [0.4, 0.5) is 0 Å². The summed E-state index contributed by atoms with van der Waals surface area (Å²) in [6.07, 6.45) is 3.04. The summed E-state index contributed by atoms with van der Waals surface area (Å²) in [4.78, 5) is 11.8. The molecule has 17 heavy (non-hydrogen) atoms. The van der Waals surface area contributed by atoms with Gasteiger partial charge in [0.25, 0.3) is 0 Å². The van der Waals surface area contributed by atoms with Gasteiger partial charge in [-0.3, -0.25) is 4.79 Å². The molecule has 1 amide bonds. The van der Waals surface area contributed by atoms with Crippen LogP contribution >= 0.6 is 11.3 Å². The third-order valence-electron chi connectivity index (χ3n) is 3.31. The Morgan fingerprint density at radius 3 is 3.12 bits per heavy atom. The lowest BCUT2D eigenvalue weighted by molar-refractivity contribution is -0.122. The monoisotopic (exact) mass is 252 g/mol. The fourth-order valence-corrected chi connectivity index (χ4v) is 3.05. The number of rotatable bonds is 4. The van der Waals surface area contributed by atoms with Crippen LogP contribution in [0.15, 0.2) is 10.8 Å². The molecule has 0 aromatic carbocycles. The quantitative estimate of drug-likeness (QED) is 0.861. The van der Waals surface area contributed by atoms with Crippen LogP contribution in [0.5, 0.6) is 0 Å². The van der Waals surface area contributed by atoms with E-state index < -0.39 is 0 Å². The minimum atomic E-state index is 0.185. The number of piperidine rings is 1. The van der Waals surface area contributed by atoms with Gasteiger partial charge in [-0.2, -0.15) is 11.3 Å². The van der Waals surface area contributed by atoms with Gasteiger partial charge in [-0.1, -0.05) is 0 Å². The van der Waals surface area contributed by atoms with Crippen LogP contribution in [-0.2, 0) is 11.3 Å². The number of carbonyl (C=O) groups excluding carboxylic acids is 1. The Bertz CT molecular complexity index is 369. The number of nitrogens with one attached hydrogen (secondary N) is 2. The summed E-state index contributed by atoms with van der Waals surface area (Å²) >= 11 is 1.69. The average molecular weight is 252 g/mol. The minimum absolute atomic E-state index is 0.185. The SMILES string of the molecule is Cc1cscc1CNC(=O)CC1CCCNC1. The third kappa shape index (κ3) is 3.82. The average Bonchev–Trinajstić information content (AvgIpc) is 2.74. The highest BCUT2D eigenvalue weighted by Gasteiger charge is 2.16. The second kappa shape index (κ2) is 6.17. The lowest BCUT2D eigenvalue weighted by atomic mass is 9.96. The van der Waals surface area contributed by atoms with Gasteiger partial charge in [0.05, 0.1) is 0 Å². The maximum absolute atomic E-state index is 11.8. The second-order valence-electron chi connectivity index (χ2n) is 4.77. The van der Waals surface area contributed by atoms with Crippen LogP contribution in [-0.4, -0.2) is 19.0 Å². The van der Waals surface area contributed by atoms with Crippen molar-refractivity contribution in [2.24, 2.45) is 5.92 Å². The smallest absolute Gasteiger partial charge is 0.220 e. The van der Waals surface area contributed by atoms with Crippen LogP contribution in [0.1, 0.15) is 30.4 Å². The van der Waals surface area contributed by atoms with Gasteiger partial charge in [0.15, 0.2) is 0 Å². The number of hydrogen-bond acceptors (Lipinski definition) is 3. The molecule has 94 valence electrons. The zero-order valence-corrected chi connectivity index (χ0v) is 11.1. The molecule has 4 heteroatoms. The summed E-state index contributed by atoms with van der Waals surface area (Å²) in [5.74, 6) is 0.705. The highest BCUT2D eigenvalue weighted by molar-refractivity contribution is 7.08. The first-order chi connectivity index (χ1) is 8.25. The van der Waals surface area contributed by atoms with Crippen molar-refractivity contribution in [3.8, 4) is 0 Å². The van der Waals surface area contributed by atoms with Crippen molar-refractivity contribution in [2.75, 3.05) is 13.1 Å². The summed E-state index contributed by atoms with van der Waals surface area (Å²) in [5, 5.41) is 10.6. The molecule has 2 N–H and O–H groups in total. The summed E-state index contributed by atoms with van der Waals surface area (Å²) in [6.45, 7) is 4.86. The number of amides is 1. The molecule has 2 heterocycles. The van der Waals surface area contributed by atoms with E-state index in [2.05, 4.69) is 28.3 Å². The Labute approximate surface area is 107 Å². The normalized spacial score (nSPS) is 20.2. The first-order valence-corrected chi connectivity index (χ1v) is 7.19. The Morgan fingerprint density at radius 1 is 1.59 bits per heavy atom. The molecule has 0 bridgehead atoms. The Hall–Kier alpha value is -0.870. The van der Waals surface area contributed by atoms with Gasteiger partial charge in [-0.25, -0.2) is 0 Å². The molecule has 1 unspecified atom stereocenters. The van der Waals surface area contributed by atoms with Crippen molar-refractivity contribution >= 4 is 17.2 Å². The predicted molar refractivity (Wildman–Crippen MR) is 71.1 cm³/mol. The van der Waals surface area contributed by atoms with Gasteiger partial charge in [0, 0.05) is 13.0 Å². The van der Waals surface area contributed by atoms with E-state index in [1.165, 1.54) is 24.0 Å². The third-order valence-corrected chi connectivity index (χ3v) is 4.22. The fourth-order valence-electron chi connectivity index (χ4n) is 2.19. The highest BCUT2D eigenvalue weighted by Crippen LogP contribution is 2.15. The minimum Gasteiger partial charge on any atom is -0.352 e. The van der Waals surface area contributed by atoms with E-state index in [1.54, 1.807) is 11.3 Å². The molecule has 3 nitrogen and oxygen atoms in total. The summed E-state index contributed by atoms with van der Waals surface area (Å²) in [5.41, 5.74) is 2.51. The molecule has 1 atom stereocenters. The van der Waals surface area contributed by atoms with E-state index in [0.29, 0.717) is 18.9 Å². The molecule has 0 spiro atoms. The number of hydrogen-bond donors (Lipinski definition) is 2. The van der Waals surface area contributed by atoms with Crippen LogP contribution in [0.25, 0.3) is 0 Å². The van der Waals surface area contributed by atoms with Gasteiger partial charge in [0.1, 0.15) is 0 Å². The molecule has 0 radical (unpaired) electrons. The zero-order chi connectivity index (χ0) is 12.1. The fraction of sp³-hybridized carbons (Fsp3) is 0.615. The number of aryl methyl sites for hydroxylation is 1. The Balaban J connectivity index is 1.72. The van der Waals surface area contributed by atoms with Gasteiger partial charge in [0.2, 0.25) is 5.91 Å². The lowest BCUT2D eigenvalue weighted by Crippen LogP contribution is -2.34. The van der Waals surface area contributed by atoms with Crippen molar-refractivity contribution < 1.29 is 4.79 Å². The maximum Gasteiger partial charge on any atom is 0.220 e. The van der Waals surface area contributed by atoms with Crippen molar-refractivity contribution in [3.63, 3.8) is 0 Å². The van der Waals surface area contributed by atoms with E-state index in [-0.39, 0.29) is 5.91 Å². The first kappa shape index (κ1) is 12.6. The van der Waals surface area contributed by atoms with E-state index in [9.17, 15) is 4.79 Å². The lowest BCUT2D eigenvalue weighted by Gasteiger charge is -2.22. The first-order valence-electron chi connectivity index (χ1n) is 6.25. The van der Waals surface area contributed by atoms with Gasteiger partial charge in [-0.15, -0.1) is 0 Å². The van der Waals surface area contributed by atoms with Crippen molar-refractivity contribution in [1.29, 1.82) is 0 Å². The van der Waals surface area contributed by atoms with Crippen LogP contribution in [0, 0.1) is 12.8 Å². The number of thiophene rings is 1. The van der Waals surface area contributed by atoms with E-state index >= 15 is 0 Å². The zero-order valence-electron chi connectivity index (χ0n) is 10.3. The van der Waals surface area contributed by atoms with E-state index in [0.717, 1.165) is 13.1 Å². The molecule has 1 aliphatic heterocycles. The van der Waals surface area contributed by atoms with E-state index in [1.807, 2.05) is 0 Å². The molecule has 1 aromatic heterocycles. The molecular weight excluding hydrogens is 232 g/mol. The van der Waals surface area contributed by atoms with Crippen molar-refractivity contribution in [2.45, 2.75) is 32.7 Å². The summed E-state index contributed by atoms with van der Waals surface area (Å²) < 4.78 is 0. The van der Waals surface area contributed by atoms with Gasteiger partial charge in [-0.05, 0) is 60.7 Å². The maximum atomic E-state index is 11.8.